The first kappa shape index (κ1) is 9.59. The molecule has 0 aliphatic rings. The molecular weight excluding hydrogens is 201 g/mol. The molecule has 0 aliphatic heterocycles. The number of nitrogens with zero attached hydrogens (tertiary/aromatic N) is 1. The minimum Gasteiger partial charge on any atom is -0.258 e. The Morgan fingerprint density at radius 3 is 2.46 bits per heavy atom. The van der Waals surface area contributed by atoms with Crippen molar-refractivity contribution in [3.05, 3.63) is 34.4 Å². The highest BCUT2D eigenvalue weighted by Gasteiger charge is 2.15. The monoisotopic (exact) mass is 205 g/mol. The molecule has 1 rings (SSSR count). The van der Waals surface area contributed by atoms with Gasteiger partial charge in [0.15, 0.2) is 0 Å². The van der Waals surface area contributed by atoms with Gasteiger partial charge in [-0.1, -0.05) is 6.07 Å². The zero-order valence-corrected chi connectivity index (χ0v) is 6.99. The highest BCUT2D eigenvalue weighted by Crippen LogP contribution is 2.18. The lowest BCUT2D eigenvalue weighted by atomic mass is 10.3. The van der Waals surface area contributed by atoms with Gasteiger partial charge in [0.2, 0.25) is 0 Å². The molecule has 5 nitrogen and oxygen atoms in total. The summed E-state index contributed by atoms with van der Waals surface area (Å²) in [5.74, 6) is 0. The summed E-state index contributed by atoms with van der Waals surface area (Å²) >= 11 is 0. The van der Waals surface area contributed by atoms with Crippen LogP contribution in [0.3, 0.4) is 0 Å². The fraction of sp³-hybridized carbons (Fsp3) is 0. The summed E-state index contributed by atoms with van der Waals surface area (Å²) in [6.45, 7) is 0. The third-order valence-corrected chi connectivity index (χ3v) is 2.13. The van der Waals surface area contributed by atoms with E-state index in [1.165, 1.54) is 0 Å². The zero-order valence-electron chi connectivity index (χ0n) is 6.18. The van der Waals surface area contributed by atoms with Crippen LogP contribution in [-0.4, -0.2) is 13.3 Å². The number of nitro benzene ring substituents is 1. The minimum atomic E-state index is -4.86. The molecule has 1 aromatic carbocycles. The number of benzene rings is 1. The normalized spacial score (nSPS) is 11.2. The molecule has 0 saturated heterocycles. The van der Waals surface area contributed by atoms with Crippen molar-refractivity contribution < 1.29 is 17.2 Å². The van der Waals surface area contributed by atoms with Crippen molar-refractivity contribution >= 4 is 15.9 Å². The van der Waals surface area contributed by atoms with Crippen molar-refractivity contribution in [2.75, 3.05) is 0 Å². The molecule has 13 heavy (non-hydrogen) atoms. The fourth-order valence-electron chi connectivity index (χ4n) is 0.749. The van der Waals surface area contributed by atoms with Gasteiger partial charge in [0, 0.05) is 12.1 Å². The molecule has 0 bridgehead atoms. The van der Waals surface area contributed by atoms with E-state index in [-0.39, 0.29) is 0 Å². The summed E-state index contributed by atoms with van der Waals surface area (Å²) in [5.41, 5.74) is -0.460. The molecule has 0 radical (unpaired) electrons. The lowest BCUT2D eigenvalue weighted by molar-refractivity contribution is -0.385. The second-order valence-corrected chi connectivity index (χ2v) is 3.54. The van der Waals surface area contributed by atoms with Gasteiger partial charge < -0.3 is 0 Å². The number of nitro groups is 1. The number of hydrogen-bond acceptors (Lipinski definition) is 4. The van der Waals surface area contributed by atoms with Crippen molar-refractivity contribution in [1.29, 1.82) is 0 Å². The van der Waals surface area contributed by atoms with Crippen molar-refractivity contribution in [1.82, 2.24) is 0 Å². The van der Waals surface area contributed by atoms with Gasteiger partial charge in [-0.05, 0) is 6.07 Å². The molecule has 0 unspecified atom stereocenters. The first-order valence-electron chi connectivity index (χ1n) is 3.10. The Kier molecular flexibility index (Phi) is 2.28. The Balaban J connectivity index is 3.29. The van der Waals surface area contributed by atoms with Crippen LogP contribution in [0.5, 0.6) is 0 Å². The van der Waals surface area contributed by atoms with E-state index in [2.05, 4.69) is 0 Å². The summed E-state index contributed by atoms with van der Waals surface area (Å²) in [4.78, 5) is 8.66. The summed E-state index contributed by atoms with van der Waals surface area (Å²) in [6.07, 6.45) is 0. The van der Waals surface area contributed by atoms with Gasteiger partial charge in [0.1, 0.15) is 4.90 Å². The van der Waals surface area contributed by atoms with E-state index in [0.29, 0.717) is 6.07 Å². The van der Waals surface area contributed by atoms with Crippen LogP contribution in [0.15, 0.2) is 29.2 Å². The average Bonchev–Trinajstić information content (AvgIpc) is 2.03. The van der Waals surface area contributed by atoms with Gasteiger partial charge in [-0.25, -0.2) is 0 Å². The molecule has 1 aromatic rings. The van der Waals surface area contributed by atoms with Crippen molar-refractivity contribution in [3.8, 4) is 0 Å². The topological polar surface area (TPSA) is 77.3 Å². The molecule has 0 spiro atoms. The van der Waals surface area contributed by atoms with Crippen molar-refractivity contribution in [2.24, 2.45) is 0 Å². The number of halogens is 1. The van der Waals surface area contributed by atoms with Crippen molar-refractivity contribution in [2.45, 2.75) is 4.90 Å². The average molecular weight is 205 g/mol. The smallest absolute Gasteiger partial charge is 0.258 e. The maximum absolute atomic E-state index is 12.3. The fourth-order valence-corrected chi connectivity index (χ4v) is 1.25. The van der Waals surface area contributed by atoms with E-state index >= 15 is 0 Å². The van der Waals surface area contributed by atoms with Crippen LogP contribution in [0.1, 0.15) is 0 Å². The molecule has 0 saturated carbocycles. The molecule has 0 amide bonds. The van der Waals surface area contributed by atoms with E-state index < -0.39 is 25.7 Å². The SMILES string of the molecule is O=[N+]([O-])c1cccc(S(=O)(=O)F)c1. The Morgan fingerprint density at radius 2 is 2.00 bits per heavy atom. The standard InChI is InChI=1S/C6H4FNO4S/c7-13(11,12)6-3-1-2-5(4-6)8(9)10/h1-4H. The van der Waals surface area contributed by atoms with Crippen LogP contribution in [0.2, 0.25) is 0 Å². The van der Waals surface area contributed by atoms with Gasteiger partial charge in [-0.2, -0.15) is 8.42 Å². The first-order chi connectivity index (χ1) is 5.91. The third kappa shape index (κ3) is 2.22. The van der Waals surface area contributed by atoms with Crippen LogP contribution < -0.4 is 0 Å². The predicted octanol–water partition coefficient (Wildman–Crippen LogP) is 1.25. The quantitative estimate of drug-likeness (QED) is 0.413. The molecule has 0 aliphatic carbocycles. The second-order valence-electron chi connectivity index (χ2n) is 2.19. The van der Waals surface area contributed by atoms with E-state index in [1.54, 1.807) is 0 Å². The van der Waals surface area contributed by atoms with Gasteiger partial charge in [-0.3, -0.25) is 10.1 Å². The highest BCUT2D eigenvalue weighted by molar-refractivity contribution is 7.86. The molecule has 0 fully saturated rings. The number of hydrogen-bond donors (Lipinski definition) is 0. The molecule has 0 N–H and O–H groups in total. The van der Waals surface area contributed by atoms with Crippen LogP contribution in [0.4, 0.5) is 9.57 Å². The lowest BCUT2D eigenvalue weighted by Crippen LogP contribution is -1.94. The summed E-state index contributed by atoms with van der Waals surface area (Å²) < 4.78 is 33.0. The summed E-state index contributed by atoms with van der Waals surface area (Å²) in [7, 11) is -4.86. The summed E-state index contributed by atoms with van der Waals surface area (Å²) in [6, 6.07) is 3.79. The number of rotatable bonds is 2. The van der Waals surface area contributed by atoms with E-state index in [0.717, 1.165) is 18.2 Å². The first-order valence-corrected chi connectivity index (χ1v) is 4.49. The Labute approximate surface area is 73.2 Å². The van der Waals surface area contributed by atoms with Gasteiger partial charge in [0.05, 0.1) is 4.92 Å². The van der Waals surface area contributed by atoms with Gasteiger partial charge in [-0.15, -0.1) is 3.89 Å². The highest BCUT2D eigenvalue weighted by atomic mass is 32.3. The van der Waals surface area contributed by atoms with E-state index in [9.17, 15) is 22.4 Å². The van der Waals surface area contributed by atoms with Crippen molar-refractivity contribution in [3.63, 3.8) is 0 Å². The molecule has 0 atom stereocenters. The molecule has 0 heterocycles. The minimum absolute atomic E-state index is 0.460. The predicted molar refractivity (Wildman–Crippen MR) is 41.4 cm³/mol. The zero-order chi connectivity index (χ0) is 10.1. The third-order valence-electron chi connectivity index (χ3n) is 1.31. The maximum atomic E-state index is 12.3. The Bertz CT molecular complexity index is 442. The Hall–Kier alpha value is -1.50. The maximum Gasteiger partial charge on any atom is 0.332 e. The van der Waals surface area contributed by atoms with Crippen LogP contribution >= 0.6 is 0 Å². The lowest BCUT2D eigenvalue weighted by Gasteiger charge is -1.93. The van der Waals surface area contributed by atoms with Crippen LogP contribution in [-0.2, 0) is 10.2 Å². The van der Waals surface area contributed by atoms with Gasteiger partial charge >= 0.3 is 10.2 Å². The van der Waals surface area contributed by atoms with Crippen LogP contribution in [0, 0.1) is 10.1 Å². The van der Waals surface area contributed by atoms with Crippen LogP contribution in [0.25, 0.3) is 0 Å². The van der Waals surface area contributed by atoms with E-state index in [1.807, 2.05) is 0 Å². The second kappa shape index (κ2) is 3.09. The largest absolute Gasteiger partial charge is 0.332 e. The molecular formula is C6H4FNO4S. The van der Waals surface area contributed by atoms with Gasteiger partial charge in [0.25, 0.3) is 5.69 Å². The molecule has 7 heteroatoms. The molecule has 70 valence electrons. The van der Waals surface area contributed by atoms with E-state index in [4.69, 9.17) is 0 Å². The Morgan fingerprint density at radius 1 is 1.38 bits per heavy atom. The summed E-state index contributed by atoms with van der Waals surface area (Å²) in [5, 5.41) is 10.2. The number of non-ortho nitro benzene ring substituents is 1. The molecule has 0 aromatic heterocycles.